The fourth-order valence-electron chi connectivity index (χ4n) is 4.81. The summed E-state index contributed by atoms with van der Waals surface area (Å²) in [6.07, 6.45) is 6.82. The largest absolute Gasteiger partial charge is 0.473 e. The smallest absolute Gasteiger partial charge is 0.270 e. The van der Waals surface area contributed by atoms with Gasteiger partial charge in [0.05, 0.1) is 5.69 Å². The Morgan fingerprint density at radius 2 is 1.94 bits per heavy atom. The molecule has 7 heteroatoms. The Morgan fingerprint density at radius 3 is 2.56 bits per heavy atom. The second-order valence-corrected chi connectivity index (χ2v) is 9.67. The van der Waals surface area contributed by atoms with E-state index in [0.717, 1.165) is 32.1 Å². The summed E-state index contributed by atoms with van der Waals surface area (Å²) in [6.45, 7) is 8.28. The number of methoxy groups -OCH3 is 1. The number of benzene rings is 1. The minimum Gasteiger partial charge on any atom is -0.473 e. The lowest BCUT2D eigenvalue weighted by molar-refractivity contribution is -0.132. The fraction of sp³-hybridized carbons (Fsp3) is 0.680. The van der Waals surface area contributed by atoms with Crippen molar-refractivity contribution >= 4 is 17.5 Å². The number of anilines is 1. The molecule has 2 aliphatic rings. The zero-order valence-corrected chi connectivity index (χ0v) is 20.1. The molecule has 1 aromatic rings. The highest BCUT2D eigenvalue weighted by Crippen LogP contribution is 2.41. The summed E-state index contributed by atoms with van der Waals surface area (Å²) in [6, 6.07) is 3.06. The van der Waals surface area contributed by atoms with Crippen LogP contribution in [0.15, 0.2) is 12.1 Å². The van der Waals surface area contributed by atoms with Crippen LogP contribution >= 0.6 is 0 Å². The van der Waals surface area contributed by atoms with E-state index in [0.29, 0.717) is 25.3 Å². The lowest BCUT2D eigenvalue weighted by Crippen LogP contribution is -2.53. The summed E-state index contributed by atoms with van der Waals surface area (Å²) in [4.78, 5) is 30.1. The topological polar surface area (TPSA) is 59.1 Å². The van der Waals surface area contributed by atoms with Crippen molar-refractivity contribution in [3.63, 3.8) is 0 Å². The van der Waals surface area contributed by atoms with E-state index in [9.17, 15) is 9.59 Å². The molecule has 1 aliphatic carbocycles. The van der Waals surface area contributed by atoms with Gasteiger partial charge in [-0.1, -0.05) is 19.3 Å². The van der Waals surface area contributed by atoms with E-state index in [-0.39, 0.29) is 35.2 Å². The molecule has 0 aromatic heterocycles. The molecular formula is C25H37FN2O4. The van der Waals surface area contributed by atoms with E-state index < -0.39 is 11.4 Å². The third-order valence-electron chi connectivity index (χ3n) is 6.42. The van der Waals surface area contributed by atoms with Gasteiger partial charge in [-0.2, -0.15) is 0 Å². The molecule has 1 aliphatic heterocycles. The fourth-order valence-corrected chi connectivity index (χ4v) is 4.81. The van der Waals surface area contributed by atoms with E-state index in [2.05, 4.69) is 0 Å². The van der Waals surface area contributed by atoms with Crippen LogP contribution in [0.4, 0.5) is 10.1 Å². The average molecular weight is 449 g/mol. The van der Waals surface area contributed by atoms with Gasteiger partial charge < -0.3 is 19.3 Å². The highest BCUT2D eigenvalue weighted by atomic mass is 19.1. The van der Waals surface area contributed by atoms with Crippen LogP contribution in [0, 0.1) is 5.82 Å². The summed E-state index contributed by atoms with van der Waals surface area (Å²) >= 11 is 0. The van der Waals surface area contributed by atoms with Crippen molar-refractivity contribution in [3.8, 4) is 5.75 Å². The van der Waals surface area contributed by atoms with Gasteiger partial charge in [0.25, 0.3) is 11.8 Å². The number of fused-ring (bicyclic) bond motifs is 1. The van der Waals surface area contributed by atoms with Gasteiger partial charge in [-0.3, -0.25) is 9.59 Å². The summed E-state index contributed by atoms with van der Waals surface area (Å²) in [5.41, 5.74) is -0.576. The van der Waals surface area contributed by atoms with E-state index >= 15 is 4.39 Å². The van der Waals surface area contributed by atoms with E-state index in [4.69, 9.17) is 9.47 Å². The van der Waals surface area contributed by atoms with Gasteiger partial charge in [0, 0.05) is 37.9 Å². The van der Waals surface area contributed by atoms with Gasteiger partial charge >= 0.3 is 0 Å². The van der Waals surface area contributed by atoms with Crippen LogP contribution in [-0.2, 0) is 9.53 Å². The van der Waals surface area contributed by atoms with E-state index in [1.54, 1.807) is 31.9 Å². The van der Waals surface area contributed by atoms with Crippen molar-refractivity contribution in [1.29, 1.82) is 0 Å². The van der Waals surface area contributed by atoms with Crippen LogP contribution in [0.25, 0.3) is 0 Å². The van der Waals surface area contributed by atoms with Crippen molar-refractivity contribution in [2.75, 3.05) is 25.2 Å². The van der Waals surface area contributed by atoms with Gasteiger partial charge in [0.1, 0.15) is 0 Å². The van der Waals surface area contributed by atoms with Gasteiger partial charge in [-0.25, -0.2) is 4.39 Å². The highest BCUT2D eigenvalue weighted by molar-refractivity contribution is 6.04. The molecule has 0 bridgehead atoms. The van der Waals surface area contributed by atoms with Crippen LogP contribution in [-0.4, -0.2) is 54.7 Å². The van der Waals surface area contributed by atoms with Gasteiger partial charge in [0.2, 0.25) is 0 Å². The average Bonchev–Trinajstić information content (AvgIpc) is 2.74. The Balaban J connectivity index is 1.96. The zero-order chi connectivity index (χ0) is 23.5. The minimum absolute atomic E-state index is 0.00616. The Kier molecular flexibility index (Phi) is 7.80. The van der Waals surface area contributed by atoms with Crippen LogP contribution < -0.4 is 9.64 Å². The summed E-state index contributed by atoms with van der Waals surface area (Å²) in [7, 11) is 1.64. The Hall–Kier alpha value is -2.15. The summed E-state index contributed by atoms with van der Waals surface area (Å²) < 4.78 is 26.1. The number of carbonyl (C=O) groups is 2. The molecule has 1 saturated carbocycles. The Morgan fingerprint density at radius 1 is 1.25 bits per heavy atom. The second kappa shape index (κ2) is 10.2. The predicted molar refractivity (Wildman–Crippen MR) is 123 cm³/mol. The lowest BCUT2D eigenvalue weighted by atomic mass is 9.92. The summed E-state index contributed by atoms with van der Waals surface area (Å²) in [5.74, 6) is -1.00. The lowest BCUT2D eigenvalue weighted by Gasteiger charge is -2.40. The number of nitrogens with zero attached hydrogens (tertiary/aromatic N) is 2. The molecule has 0 spiro atoms. The molecule has 3 rings (SSSR count). The van der Waals surface area contributed by atoms with Crippen LogP contribution in [0.1, 0.15) is 83.0 Å². The van der Waals surface area contributed by atoms with Crippen LogP contribution in [0.2, 0.25) is 0 Å². The first-order valence-electron chi connectivity index (χ1n) is 11.8. The van der Waals surface area contributed by atoms with Crippen molar-refractivity contribution in [2.45, 2.75) is 90.3 Å². The van der Waals surface area contributed by atoms with Gasteiger partial charge in [-0.15, -0.1) is 0 Å². The third kappa shape index (κ3) is 5.08. The molecule has 0 N–H and O–H groups in total. The van der Waals surface area contributed by atoms with E-state index in [1.807, 2.05) is 18.7 Å². The van der Waals surface area contributed by atoms with Crippen molar-refractivity contribution in [1.82, 2.24) is 4.90 Å². The molecule has 0 radical (unpaired) electrons. The minimum atomic E-state index is -1.17. The van der Waals surface area contributed by atoms with Crippen LogP contribution in [0.5, 0.6) is 5.75 Å². The maximum absolute atomic E-state index is 15.2. The molecule has 2 amide bonds. The van der Waals surface area contributed by atoms with E-state index in [1.165, 1.54) is 12.5 Å². The number of rotatable bonds is 8. The summed E-state index contributed by atoms with van der Waals surface area (Å²) in [5, 5.41) is 0. The van der Waals surface area contributed by atoms with Crippen LogP contribution in [0.3, 0.4) is 0 Å². The first kappa shape index (κ1) is 24.5. The molecule has 1 heterocycles. The number of unbranched alkanes of at least 4 members (excludes halogenated alkanes) is 1. The standard InChI is InChI=1S/C25H37FN2O4/c1-17(2)28(19-11-7-6-8-12-19)23(29)18-15-20(26)22-21(16-18)27(13-9-10-14-31-5)24(30)25(3,4)32-22/h15-17,19H,6-14H2,1-5H3. The van der Waals surface area contributed by atoms with Gasteiger partial charge in [-0.05, 0) is 65.5 Å². The number of halogens is 1. The molecule has 6 nitrogen and oxygen atoms in total. The maximum Gasteiger partial charge on any atom is 0.270 e. The van der Waals surface area contributed by atoms with Crippen molar-refractivity contribution < 1.29 is 23.5 Å². The Bertz CT molecular complexity index is 833. The first-order chi connectivity index (χ1) is 15.2. The highest BCUT2D eigenvalue weighted by Gasteiger charge is 2.42. The number of carbonyl (C=O) groups excluding carboxylic acids is 2. The number of hydrogen-bond donors (Lipinski definition) is 0. The number of ether oxygens (including phenoxy) is 2. The SMILES string of the molecule is COCCCCN1C(=O)C(C)(C)Oc2c(F)cc(C(=O)N(C(C)C)C3CCCCC3)cc21. The third-order valence-corrected chi connectivity index (χ3v) is 6.42. The molecule has 1 fully saturated rings. The molecule has 0 atom stereocenters. The molecule has 32 heavy (non-hydrogen) atoms. The molecule has 178 valence electrons. The maximum atomic E-state index is 15.2. The molecule has 0 unspecified atom stereocenters. The number of hydrogen-bond acceptors (Lipinski definition) is 4. The normalized spacial score (nSPS) is 18.5. The van der Waals surface area contributed by atoms with Crippen molar-refractivity contribution in [2.24, 2.45) is 0 Å². The molecule has 1 aromatic carbocycles. The molecular weight excluding hydrogens is 411 g/mol. The predicted octanol–water partition coefficient (Wildman–Crippen LogP) is 4.94. The second-order valence-electron chi connectivity index (χ2n) is 9.67. The van der Waals surface area contributed by atoms with Gasteiger partial charge in [0.15, 0.2) is 17.2 Å². The monoisotopic (exact) mass is 448 g/mol. The zero-order valence-electron chi connectivity index (χ0n) is 20.1. The Labute approximate surface area is 191 Å². The first-order valence-corrected chi connectivity index (χ1v) is 11.8. The number of amides is 2. The van der Waals surface area contributed by atoms with Crippen molar-refractivity contribution in [3.05, 3.63) is 23.5 Å². The molecule has 0 saturated heterocycles. The quantitative estimate of drug-likeness (QED) is 0.529.